The van der Waals surface area contributed by atoms with Gasteiger partial charge >= 0.3 is 18.3 Å². The number of aliphatic carboxylic acids is 1. The second kappa shape index (κ2) is 12.0. The highest BCUT2D eigenvalue weighted by atomic mass is 127. The molecule has 1 aromatic carbocycles. The highest BCUT2D eigenvalue weighted by molar-refractivity contribution is 14.1. The van der Waals surface area contributed by atoms with Gasteiger partial charge in [0.1, 0.15) is 17.8 Å². The predicted molar refractivity (Wildman–Crippen MR) is 125 cm³/mol. The number of hydrogen-bond donors (Lipinski definition) is 1. The lowest BCUT2D eigenvalue weighted by atomic mass is 9.78. The molecule has 1 N–H and O–H groups in total. The van der Waals surface area contributed by atoms with Crippen molar-refractivity contribution in [2.45, 2.75) is 38.2 Å². The molecule has 2 rings (SSSR count). The number of carboxylic acid groups (broad SMARTS) is 1. The minimum absolute atomic E-state index is 0.0523. The first-order valence-electron chi connectivity index (χ1n) is 10.2. The standard InChI is InChI=1S/C24H21F6IO4/c1-2-34-20(21(32)33)14-16-8-9-19(18(31)13-16)35-12-5-3-4-10-22(24(28,29)30)11-6-7-17(15-22)23(25,26)27/h3,5-9,11,13,20H,2,12,14-15H2,1H3,(H,32,33)/b5-3-/t20-,22?/m0/s1. The molecule has 0 radical (unpaired) electrons. The van der Waals surface area contributed by atoms with E-state index in [0.29, 0.717) is 27.0 Å². The van der Waals surface area contributed by atoms with E-state index in [1.165, 1.54) is 6.08 Å². The molecular weight excluding hydrogens is 593 g/mol. The van der Waals surface area contributed by atoms with E-state index in [4.69, 9.17) is 9.47 Å². The first-order chi connectivity index (χ1) is 16.3. The quantitative estimate of drug-likeness (QED) is 0.214. The van der Waals surface area contributed by atoms with Crippen molar-refractivity contribution in [1.29, 1.82) is 0 Å². The Balaban J connectivity index is 2.03. The molecule has 190 valence electrons. The second-order valence-corrected chi connectivity index (χ2v) is 8.59. The van der Waals surface area contributed by atoms with Gasteiger partial charge in [-0.15, -0.1) is 0 Å². The third-order valence-corrected chi connectivity index (χ3v) is 5.75. The van der Waals surface area contributed by atoms with Crippen LogP contribution in [0.2, 0.25) is 0 Å². The molecule has 0 fully saturated rings. The number of rotatable bonds is 8. The van der Waals surface area contributed by atoms with E-state index < -0.39 is 41.8 Å². The van der Waals surface area contributed by atoms with Crippen molar-refractivity contribution in [3.63, 3.8) is 0 Å². The summed E-state index contributed by atoms with van der Waals surface area (Å²) in [5, 5.41) is 9.18. The van der Waals surface area contributed by atoms with Gasteiger partial charge in [-0.25, -0.2) is 4.79 Å². The minimum atomic E-state index is -4.99. The first kappa shape index (κ1) is 28.8. The number of carbonyl (C=O) groups is 1. The zero-order valence-corrected chi connectivity index (χ0v) is 20.5. The molecule has 0 amide bonds. The van der Waals surface area contributed by atoms with E-state index >= 15 is 0 Å². The highest BCUT2D eigenvalue weighted by Crippen LogP contribution is 2.48. The van der Waals surface area contributed by atoms with Crippen LogP contribution in [0.4, 0.5) is 26.3 Å². The Morgan fingerprint density at radius 3 is 2.57 bits per heavy atom. The number of ether oxygens (including phenoxy) is 2. The van der Waals surface area contributed by atoms with Gasteiger partial charge in [-0.3, -0.25) is 0 Å². The zero-order chi connectivity index (χ0) is 26.3. The Labute approximate surface area is 211 Å². The minimum Gasteiger partial charge on any atom is -0.488 e. The zero-order valence-electron chi connectivity index (χ0n) is 18.3. The summed E-state index contributed by atoms with van der Waals surface area (Å²) in [4.78, 5) is 11.2. The van der Waals surface area contributed by atoms with Crippen molar-refractivity contribution in [3.05, 3.63) is 63.3 Å². The third kappa shape index (κ3) is 8.03. The van der Waals surface area contributed by atoms with Crippen LogP contribution >= 0.6 is 22.6 Å². The largest absolute Gasteiger partial charge is 0.488 e. The summed E-state index contributed by atoms with van der Waals surface area (Å²) in [5.74, 6) is 3.49. The molecule has 0 aromatic heterocycles. The first-order valence-corrected chi connectivity index (χ1v) is 11.3. The van der Waals surface area contributed by atoms with E-state index in [0.717, 1.165) is 12.2 Å². The third-order valence-electron chi connectivity index (χ3n) is 4.91. The topological polar surface area (TPSA) is 55.8 Å². The SMILES string of the molecule is CCO[C@@H](Cc1ccc(OC/C=C\C#CC2(C(F)(F)F)C=CC=C(C(F)(F)F)C2)c(I)c1)C(=O)O. The Bertz CT molecular complexity index is 1060. The van der Waals surface area contributed by atoms with E-state index in [1.807, 2.05) is 28.5 Å². The molecule has 11 heteroatoms. The van der Waals surface area contributed by atoms with Crippen molar-refractivity contribution in [1.82, 2.24) is 0 Å². The Kier molecular flexibility index (Phi) is 9.85. The van der Waals surface area contributed by atoms with Crippen molar-refractivity contribution in [2.24, 2.45) is 5.41 Å². The average Bonchev–Trinajstić information content (AvgIpc) is 2.75. The van der Waals surface area contributed by atoms with Gasteiger partial charge in [0.25, 0.3) is 0 Å². The van der Waals surface area contributed by atoms with Gasteiger partial charge in [-0.05, 0) is 59.4 Å². The normalized spacial score (nSPS) is 19.1. The Hall–Kier alpha value is -2.46. The van der Waals surface area contributed by atoms with Crippen LogP contribution in [0, 0.1) is 20.8 Å². The van der Waals surface area contributed by atoms with Crippen LogP contribution in [0.25, 0.3) is 0 Å². The fourth-order valence-corrected chi connectivity index (χ4v) is 3.86. The Morgan fingerprint density at radius 1 is 1.29 bits per heavy atom. The molecule has 1 aliphatic rings. The molecule has 0 saturated heterocycles. The summed E-state index contributed by atoms with van der Waals surface area (Å²) in [6.45, 7) is 1.90. The number of halogens is 7. The lowest BCUT2D eigenvalue weighted by molar-refractivity contribution is -0.190. The fourth-order valence-electron chi connectivity index (χ4n) is 3.13. The molecule has 0 spiro atoms. The maximum atomic E-state index is 13.6. The van der Waals surface area contributed by atoms with Gasteiger partial charge in [0, 0.05) is 25.0 Å². The van der Waals surface area contributed by atoms with Gasteiger partial charge in [-0.1, -0.05) is 36.1 Å². The van der Waals surface area contributed by atoms with Crippen LogP contribution in [0.5, 0.6) is 5.75 Å². The number of benzene rings is 1. The molecule has 0 bridgehead atoms. The summed E-state index contributed by atoms with van der Waals surface area (Å²) >= 11 is 1.99. The van der Waals surface area contributed by atoms with Crippen LogP contribution in [0.15, 0.2) is 54.2 Å². The molecule has 0 saturated carbocycles. The maximum Gasteiger partial charge on any atom is 0.412 e. The average molecular weight is 614 g/mol. The second-order valence-electron chi connectivity index (χ2n) is 7.43. The highest BCUT2D eigenvalue weighted by Gasteiger charge is 2.55. The van der Waals surface area contributed by atoms with Gasteiger partial charge in [0.15, 0.2) is 6.10 Å². The number of hydrogen-bond acceptors (Lipinski definition) is 3. The maximum absolute atomic E-state index is 13.6. The van der Waals surface area contributed by atoms with Crippen LogP contribution in [-0.4, -0.2) is 42.7 Å². The fraction of sp³-hybridized carbons (Fsp3) is 0.375. The van der Waals surface area contributed by atoms with Crippen molar-refractivity contribution in [2.75, 3.05) is 13.2 Å². The smallest absolute Gasteiger partial charge is 0.412 e. The molecule has 4 nitrogen and oxygen atoms in total. The predicted octanol–water partition coefficient (Wildman–Crippen LogP) is 6.26. The van der Waals surface area contributed by atoms with E-state index in [2.05, 4.69) is 5.92 Å². The van der Waals surface area contributed by atoms with Crippen LogP contribution in [0.1, 0.15) is 18.9 Å². The van der Waals surface area contributed by atoms with Crippen molar-refractivity contribution in [3.8, 4) is 17.6 Å². The number of allylic oxidation sites excluding steroid dienone is 5. The molecule has 2 atom stereocenters. The molecule has 1 aromatic rings. The number of carboxylic acids is 1. The molecule has 1 aliphatic carbocycles. The van der Waals surface area contributed by atoms with E-state index in [9.17, 15) is 36.2 Å². The van der Waals surface area contributed by atoms with Crippen molar-refractivity contribution >= 4 is 28.6 Å². The molecule has 0 heterocycles. The van der Waals surface area contributed by atoms with Gasteiger partial charge < -0.3 is 14.6 Å². The molecule has 1 unspecified atom stereocenters. The Morgan fingerprint density at radius 2 is 2.00 bits per heavy atom. The van der Waals surface area contributed by atoms with Crippen LogP contribution < -0.4 is 4.74 Å². The summed E-state index contributed by atoms with van der Waals surface area (Å²) < 4.78 is 90.9. The molecular formula is C24H21F6IO4. The van der Waals surface area contributed by atoms with E-state index in [1.54, 1.807) is 25.1 Å². The molecule has 35 heavy (non-hydrogen) atoms. The lowest BCUT2D eigenvalue weighted by Gasteiger charge is -2.31. The summed E-state index contributed by atoms with van der Waals surface area (Å²) in [5.41, 5.74) is -3.51. The van der Waals surface area contributed by atoms with Crippen LogP contribution in [0.3, 0.4) is 0 Å². The summed E-state index contributed by atoms with van der Waals surface area (Å²) in [7, 11) is 0. The monoisotopic (exact) mass is 614 g/mol. The van der Waals surface area contributed by atoms with Crippen LogP contribution in [-0.2, 0) is 16.0 Å². The van der Waals surface area contributed by atoms with Crippen molar-refractivity contribution < 1.29 is 45.7 Å². The number of alkyl halides is 6. The van der Waals surface area contributed by atoms with Gasteiger partial charge in [0.05, 0.1) is 3.57 Å². The summed E-state index contributed by atoms with van der Waals surface area (Å²) in [6.07, 6.45) is -7.62. The lowest BCUT2D eigenvalue weighted by Crippen LogP contribution is -2.38. The van der Waals surface area contributed by atoms with E-state index in [-0.39, 0.29) is 19.6 Å². The van der Waals surface area contributed by atoms with Gasteiger partial charge in [0.2, 0.25) is 0 Å². The molecule has 0 aliphatic heterocycles. The summed E-state index contributed by atoms with van der Waals surface area (Å²) in [6, 6.07) is 5.02. The van der Waals surface area contributed by atoms with Gasteiger partial charge in [-0.2, -0.15) is 26.3 Å².